The molecule has 1 aliphatic rings. The van der Waals surface area contributed by atoms with Crippen LogP contribution in [0.5, 0.6) is 0 Å². The van der Waals surface area contributed by atoms with Crippen LogP contribution in [0.15, 0.2) is 36.5 Å². The molecule has 0 heterocycles. The van der Waals surface area contributed by atoms with Crippen LogP contribution < -0.4 is 0 Å². The van der Waals surface area contributed by atoms with E-state index in [1.165, 1.54) is 32.1 Å². The summed E-state index contributed by atoms with van der Waals surface area (Å²) in [5.74, 6) is 0.851. The lowest BCUT2D eigenvalue weighted by Crippen LogP contribution is -2.02. The van der Waals surface area contributed by atoms with Crippen molar-refractivity contribution in [3.63, 3.8) is 0 Å². The van der Waals surface area contributed by atoms with Crippen LogP contribution in [0.1, 0.15) is 45.4 Å². The maximum atomic E-state index is 2.37. The molecule has 14 heavy (non-hydrogen) atoms. The zero-order valence-corrected chi connectivity index (χ0v) is 9.28. The van der Waals surface area contributed by atoms with Gasteiger partial charge in [0.1, 0.15) is 0 Å². The number of hydrogen-bond acceptors (Lipinski definition) is 0. The molecule has 0 heteroatoms. The van der Waals surface area contributed by atoms with Gasteiger partial charge in [-0.1, -0.05) is 62.6 Å². The Hall–Kier alpha value is -0.780. The number of rotatable bonds is 4. The van der Waals surface area contributed by atoms with E-state index in [-0.39, 0.29) is 0 Å². The van der Waals surface area contributed by atoms with Gasteiger partial charge >= 0.3 is 0 Å². The summed E-state index contributed by atoms with van der Waals surface area (Å²) in [4.78, 5) is 0. The molecule has 0 aromatic carbocycles. The van der Waals surface area contributed by atoms with E-state index in [0.29, 0.717) is 0 Å². The van der Waals surface area contributed by atoms with Crippen molar-refractivity contribution < 1.29 is 0 Å². The molecule has 0 nitrogen and oxygen atoms in total. The molecule has 0 bridgehead atoms. The van der Waals surface area contributed by atoms with E-state index in [9.17, 15) is 0 Å². The van der Waals surface area contributed by atoms with Crippen LogP contribution in [-0.2, 0) is 0 Å². The van der Waals surface area contributed by atoms with Gasteiger partial charge in [0.05, 0.1) is 0 Å². The molecular weight excluding hydrogens is 168 g/mol. The fourth-order valence-electron chi connectivity index (χ4n) is 1.89. The van der Waals surface area contributed by atoms with Gasteiger partial charge in [-0.05, 0) is 25.2 Å². The molecule has 78 valence electrons. The fraction of sp³-hybridized carbons (Fsp3) is 0.571. The highest BCUT2D eigenvalue weighted by molar-refractivity contribution is 5.11. The molecule has 0 radical (unpaired) electrons. The molecule has 1 aliphatic carbocycles. The first kappa shape index (κ1) is 11.3. The second-order valence-corrected chi connectivity index (χ2v) is 4.00. The van der Waals surface area contributed by atoms with Crippen molar-refractivity contribution in [3.05, 3.63) is 36.5 Å². The zero-order valence-electron chi connectivity index (χ0n) is 9.28. The van der Waals surface area contributed by atoms with Crippen LogP contribution in [0.25, 0.3) is 0 Å². The van der Waals surface area contributed by atoms with Crippen molar-refractivity contribution in [1.82, 2.24) is 0 Å². The molecule has 0 aromatic rings. The maximum Gasteiger partial charge on any atom is -0.0230 e. The highest BCUT2D eigenvalue weighted by Gasteiger charge is 2.08. The molecule has 0 amide bonds. The predicted molar refractivity (Wildman–Crippen MR) is 64.3 cm³/mol. The monoisotopic (exact) mass is 190 g/mol. The van der Waals surface area contributed by atoms with Crippen LogP contribution in [-0.4, -0.2) is 0 Å². The standard InChI is InChI=1S/C14H22/c1-2-3-4-5-6-8-11-14-12-9-7-10-13-14/h3-6,8,11,14H,2,7,9-10,12-13H2,1H3/b4-3-,6-5-,11-8+. The Morgan fingerprint density at radius 1 is 0.929 bits per heavy atom. The van der Waals surface area contributed by atoms with Gasteiger partial charge in [0.15, 0.2) is 0 Å². The second-order valence-electron chi connectivity index (χ2n) is 4.00. The summed E-state index contributed by atoms with van der Waals surface area (Å²) in [5.41, 5.74) is 0. The molecule has 0 aliphatic heterocycles. The van der Waals surface area contributed by atoms with Crippen molar-refractivity contribution in [3.8, 4) is 0 Å². The minimum atomic E-state index is 0.851. The highest BCUT2D eigenvalue weighted by Crippen LogP contribution is 2.24. The van der Waals surface area contributed by atoms with Crippen molar-refractivity contribution in [2.45, 2.75) is 45.4 Å². The lowest BCUT2D eigenvalue weighted by atomic mass is 9.89. The summed E-state index contributed by atoms with van der Waals surface area (Å²) in [6, 6.07) is 0. The summed E-state index contributed by atoms with van der Waals surface area (Å²) in [6.45, 7) is 2.15. The molecule has 0 atom stereocenters. The third-order valence-electron chi connectivity index (χ3n) is 2.74. The van der Waals surface area contributed by atoms with Crippen LogP contribution in [0, 0.1) is 5.92 Å². The lowest BCUT2D eigenvalue weighted by molar-refractivity contribution is 0.419. The topological polar surface area (TPSA) is 0 Å². The minimum Gasteiger partial charge on any atom is -0.0848 e. The first-order valence-corrected chi connectivity index (χ1v) is 5.93. The van der Waals surface area contributed by atoms with Crippen molar-refractivity contribution in [1.29, 1.82) is 0 Å². The Morgan fingerprint density at radius 3 is 2.36 bits per heavy atom. The molecule has 1 rings (SSSR count). The smallest absolute Gasteiger partial charge is 0.0230 e. The summed E-state index contributed by atoms with van der Waals surface area (Å²) >= 11 is 0. The first-order valence-electron chi connectivity index (χ1n) is 5.93. The molecular formula is C14H22. The first-order chi connectivity index (χ1) is 6.93. The van der Waals surface area contributed by atoms with E-state index in [1.807, 2.05) is 0 Å². The normalized spacial score (nSPS) is 20.4. The highest BCUT2D eigenvalue weighted by atomic mass is 14.1. The molecule has 0 saturated heterocycles. The summed E-state index contributed by atoms with van der Waals surface area (Å²) in [7, 11) is 0. The Bertz CT molecular complexity index is 202. The van der Waals surface area contributed by atoms with Gasteiger partial charge in [-0.15, -0.1) is 0 Å². The van der Waals surface area contributed by atoms with E-state index in [4.69, 9.17) is 0 Å². The van der Waals surface area contributed by atoms with Gasteiger partial charge in [0.25, 0.3) is 0 Å². The SMILES string of the molecule is CC\C=C/C=C\C=C\C1CCCCC1. The third kappa shape index (κ3) is 5.06. The van der Waals surface area contributed by atoms with Crippen LogP contribution in [0.2, 0.25) is 0 Å². The molecule has 1 fully saturated rings. The Balaban J connectivity index is 2.18. The van der Waals surface area contributed by atoms with E-state index in [2.05, 4.69) is 43.4 Å². The maximum absolute atomic E-state index is 2.37. The van der Waals surface area contributed by atoms with Crippen LogP contribution >= 0.6 is 0 Å². The summed E-state index contributed by atoms with van der Waals surface area (Å²) in [5, 5.41) is 0. The predicted octanol–water partition coefficient (Wildman–Crippen LogP) is 4.65. The van der Waals surface area contributed by atoms with Gasteiger partial charge in [-0.3, -0.25) is 0 Å². The third-order valence-corrected chi connectivity index (χ3v) is 2.74. The Kier molecular flexibility index (Phi) is 6.14. The molecule has 1 saturated carbocycles. The van der Waals surface area contributed by atoms with E-state index in [0.717, 1.165) is 12.3 Å². The lowest BCUT2D eigenvalue weighted by Gasteiger charge is -2.17. The molecule has 0 unspecified atom stereocenters. The Labute approximate surface area is 88.4 Å². The fourth-order valence-corrected chi connectivity index (χ4v) is 1.89. The molecule has 0 N–H and O–H groups in total. The molecule has 0 spiro atoms. The Morgan fingerprint density at radius 2 is 1.64 bits per heavy atom. The van der Waals surface area contributed by atoms with Gasteiger partial charge in [0.2, 0.25) is 0 Å². The van der Waals surface area contributed by atoms with Gasteiger partial charge in [0, 0.05) is 0 Å². The van der Waals surface area contributed by atoms with E-state index < -0.39 is 0 Å². The molecule has 0 aromatic heterocycles. The van der Waals surface area contributed by atoms with E-state index >= 15 is 0 Å². The average molecular weight is 190 g/mol. The summed E-state index contributed by atoms with van der Waals surface area (Å²) < 4.78 is 0. The van der Waals surface area contributed by atoms with Crippen molar-refractivity contribution >= 4 is 0 Å². The van der Waals surface area contributed by atoms with E-state index in [1.54, 1.807) is 0 Å². The minimum absolute atomic E-state index is 0.851. The second kappa shape index (κ2) is 7.61. The quantitative estimate of drug-likeness (QED) is 0.566. The van der Waals surface area contributed by atoms with Crippen LogP contribution in [0.3, 0.4) is 0 Å². The van der Waals surface area contributed by atoms with Crippen molar-refractivity contribution in [2.75, 3.05) is 0 Å². The average Bonchev–Trinajstić information content (AvgIpc) is 2.25. The van der Waals surface area contributed by atoms with Crippen LogP contribution in [0.4, 0.5) is 0 Å². The largest absolute Gasteiger partial charge is 0.0848 e. The zero-order chi connectivity index (χ0) is 10.1. The number of allylic oxidation sites excluding steroid dienone is 6. The summed E-state index contributed by atoms with van der Waals surface area (Å²) in [6.07, 6.45) is 21.3. The van der Waals surface area contributed by atoms with Gasteiger partial charge in [-0.25, -0.2) is 0 Å². The van der Waals surface area contributed by atoms with Gasteiger partial charge in [-0.2, -0.15) is 0 Å². The van der Waals surface area contributed by atoms with Crippen molar-refractivity contribution in [2.24, 2.45) is 5.92 Å². The van der Waals surface area contributed by atoms with Gasteiger partial charge < -0.3 is 0 Å². The number of hydrogen-bond donors (Lipinski definition) is 0.